The Morgan fingerprint density at radius 3 is 2.69 bits per heavy atom. The summed E-state index contributed by atoms with van der Waals surface area (Å²) in [4.78, 5) is 39.2. The number of ether oxygens (including phenoxy) is 2. The van der Waals surface area contributed by atoms with Crippen molar-refractivity contribution in [2.24, 2.45) is 0 Å². The Balaban J connectivity index is 1.81. The summed E-state index contributed by atoms with van der Waals surface area (Å²) < 4.78 is 11.9. The van der Waals surface area contributed by atoms with Crippen molar-refractivity contribution in [3.05, 3.63) is 58.6 Å². The number of hydrogen-bond acceptors (Lipinski definition) is 7. The van der Waals surface area contributed by atoms with Gasteiger partial charge in [0, 0.05) is 13.1 Å². The molecule has 1 unspecified atom stereocenters. The van der Waals surface area contributed by atoms with Crippen LogP contribution < -0.4 is 11.0 Å². The highest BCUT2D eigenvalue weighted by Gasteiger charge is 2.41. The second kappa shape index (κ2) is 7.46. The number of carbonyl (C=O) groups excluding carboxylic acids is 2. The fourth-order valence-electron chi connectivity index (χ4n) is 2.57. The molecule has 2 N–H and O–H groups in total. The molecule has 0 bridgehead atoms. The summed E-state index contributed by atoms with van der Waals surface area (Å²) in [5.74, 6) is -0.909. The average molecular weight is 359 g/mol. The van der Waals surface area contributed by atoms with E-state index in [-0.39, 0.29) is 18.3 Å². The van der Waals surface area contributed by atoms with Crippen LogP contribution in [0.4, 0.5) is 5.82 Å². The SMILES string of the molecule is CC(=O)Nc1ccn([C@@H]2OCC(O)[C@@H]2OC(=O)c2ccccc2)c(=O)n1. The van der Waals surface area contributed by atoms with Crippen molar-refractivity contribution >= 4 is 17.7 Å². The average Bonchev–Trinajstić information content (AvgIpc) is 2.96. The lowest BCUT2D eigenvalue weighted by Crippen LogP contribution is -2.38. The van der Waals surface area contributed by atoms with Crippen LogP contribution in [-0.2, 0) is 14.3 Å². The zero-order valence-electron chi connectivity index (χ0n) is 13.9. The Morgan fingerprint density at radius 2 is 2.04 bits per heavy atom. The van der Waals surface area contributed by atoms with Crippen molar-refractivity contribution < 1.29 is 24.2 Å². The summed E-state index contributed by atoms with van der Waals surface area (Å²) in [5.41, 5.74) is -0.395. The van der Waals surface area contributed by atoms with Crippen LogP contribution in [0.1, 0.15) is 23.5 Å². The van der Waals surface area contributed by atoms with E-state index < -0.39 is 30.1 Å². The van der Waals surface area contributed by atoms with Gasteiger partial charge in [-0.2, -0.15) is 4.98 Å². The molecular formula is C17H17N3O6. The van der Waals surface area contributed by atoms with Crippen LogP contribution in [0.3, 0.4) is 0 Å². The van der Waals surface area contributed by atoms with Gasteiger partial charge < -0.3 is 19.9 Å². The Bertz CT molecular complexity index is 866. The highest BCUT2D eigenvalue weighted by Crippen LogP contribution is 2.27. The first kappa shape index (κ1) is 17.8. The molecule has 1 fully saturated rings. The summed E-state index contributed by atoms with van der Waals surface area (Å²) in [6, 6.07) is 9.70. The molecule has 0 radical (unpaired) electrons. The first-order chi connectivity index (χ1) is 12.5. The lowest BCUT2D eigenvalue weighted by molar-refractivity contribution is -0.114. The third-order valence-corrected chi connectivity index (χ3v) is 3.76. The molecule has 1 saturated heterocycles. The first-order valence-corrected chi connectivity index (χ1v) is 7.88. The molecule has 1 aliphatic heterocycles. The number of nitrogens with zero attached hydrogens (tertiary/aromatic N) is 2. The molecule has 3 rings (SSSR count). The fourth-order valence-corrected chi connectivity index (χ4v) is 2.57. The minimum atomic E-state index is -1.09. The Hall–Kier alpha value is -3.04. The van der Waals surface area contributed by atoms with Gasteiger partial charge in [-0.15, -0.1) is 0 Å². The van der Waals surface area contributed by atoms with Crippen molar-refractivity contribution in [1.29, 1.82) is 0 Å². The summed E-state index contributed by atoms with van der Waals surface area (Å²) in [6.07, 6.45) is -1.83. The fraction of sp³-hybridized carbons (Fsp3) is 0.294. The standard InChI is InChI=1S/C17H17N3O6/c1-10(21)18-13-7-8-20(17(24)19-13)15-14(12(22)9-25-15)26-16(23)11-5-3-2-4-6-11/h2-8,12,14-15,22H,9H2,1H3,(H,18,19,21,24)/t12?,14-,15+/m0/s1. The van der Waals surface area contributed by atoms with Gasteiger partial charge in [0.15, 0.2) is 12.3 Å². The van der Waals surface area contributed by atoms with E-state index in [1.54, 1.807) is 30.3 Å². The number of carbonyl (C=O) groups is 2. The van der Waals surface area contributed by atoms with Crippen LogP contribution in [-0.4, -0.2) is 45.3 Å². The van der Waals surface area contributed by atoms with Crippen LogP contribution in [0.5, 0.6) is 0 Å². The quantitative estimate of drug-likeness (QED) is 0.754. The summed E-state index contributed by atoms with van der Waals surface area (Å²) >= 11 is 0. The molecule has 136 valence electrons. The second-order valence-electron chi connectivity index (χ2n) is 5.71. The predicted octanol–water partition coefficient (Wildman–Crippen LogP) is 0.317. The zero-order chi connectivity index (χ0) is 18.7. The van der Waals surface area contributed by atoms with Gasteiger partial charge in [0.25, 0.3) is 0 Å². The van der Waals surface area contributed by atoms with Gasteiger partial charge in [-0.25, -0.2) is 9.59 Å². The predicted molar refractivity (Wildman–Crippen MR) is 89.4 cm³/mol. The number of hydrogen-bond donors (Lipinski definition) is 2. The smallest absolute Gasteiger partial charge is 0.351 e. The van der Waals surface area contributed by atoms with Crippen LogP contribution in [0.15, 0.2) is 47.4 Å². The number of anilines is 1. The largest absolute Gasteiger partial charge is 0.451 e. The van der Waals surface area contributed by atoms with Gasteiger partial charge in [0.2, 0.25) is 5.91 Å². The van der Waals surface area contributed by atoms with Crippen LogP contribution in [0, 0.1) is 0 Å². The molecule has 0 spiro atoms. The van der Waals surface area contributed by atoms with Gasteiger partial charge in [-0.05, 0) is 18.2 Å². The summed E-state index contributed by atoms with van der Waals surface area (Å²) in [7, 11) is 0. The number of rotatable bonds is 4. The molecular weight excluding hydrogens is 342 g/mol. The summed E-state index contributed by atoms with van der Waals surface area (Å²) in [5, 5.41) is 12.5. The maximum atomic E-state index is 12.2. The number of amides is 1. The number of nitrogens with one attached hydrogen (secondary N) is 1. The lowest BCUT2D eigenvalue weighted by Gasteiger charge is -2.22. The van der Waals surface area contributed by atoms with Gasteiger partial charge in [-0.3, -0.25) is 9.36 Å². The number of esters is 1. The van der Waals surface area contributed by atoms with E-state index in [0.29, 0.717) is 5.56 Å². The highest BCUT2D eigenvalue weighted by molar-refractivity contribution is 5.89. The van der Waals surface area contributed by atoms with Crippen molar-refractivity contribution in [3.8, 4) is 0 Å². The number of aliphatic hydroxyl groups excluding tert-OH is 1. The van der Waals surface area contributed by atoms with Crippen molar-refractivity contribution in [2.75, 3.05) is 11.9 Å². The third kappa shape index (κ3) is 3.79. The van der Waals surface area contributed by atoms with Crippen molar-refractivity contribution in [2.45, 2.75) is 25.4 Å². The summed E-state index contributed by atoms with van der Waals surface area (Å²) in [6.45, 7) is 1.19. The molecule has 9 nitrogen and oxygen atoms in total. The van der Waals surface area contributed by atoms with Crippen molar-refractivity contribution in [3.63, 3.8) is 0 Å². The van der Waals surface area contributed by atoms with E-state index in [2.05, 4.69) is 10.3 Å². The van der Waals surface area contributed by atoms with E-state index in [1.807, 2.05) is 0 Å². The molecule has 0 aliphatic carbocycles. The third-order valence-electron chi connectivity index (χ3n) is 3.76. The Morgan fingerprint density at radius 1 is 1.31 bits per heavy atom. The van der Waals surface area contributed by atoms with Crippen LogP contribution in [0.25, 0.3) is 0 Å². The molecule has 0 saturated carbocycles. The van der Waals surface area contributed by atoms with E-state index in [1.165, 1.54) is 19.2 Å². The minimum absolute atomic E-state index is 0.0927. The molecule has 1 aromatic heterocycles. The lowest BCUT2D eigenvalue weighted by atomic mass is 10.2. The molecule has 1 amide bonds. The zero-order valence-corrected chi connectivity index (χ0v) is 13.9. The van der Waals surface area contributed by atoms with E-state index in [9.17, 15) is 19.5 Å². The second-order valence-corrected chi connectivity index (χ2v) is 5.71. The molecule has 1 aromatic carbocycles. The van der Waals surface area contributed by atoms with E-state index in [4.69, 9.17) is 9.47 Å². The highest BCUT2D eigenvalue weighted by atomic mass is 16.6. The number of benzene rings is 1. The minimum Gasteiger partial charge on any atom is -0.451 e. The number of aromatic nitrogens is 2. The van der Waals surface area contributed by atoms with Crippen LogP contribution >= 0.6 is 0 Å². The molecule has 1 aliphatic rings. The van der Waals surface area contributed by atoms with Crippen LogP contribution in [0.2, 0.25) is 0 Å². The maximum Gasteiger partial charge on any atom is 0.351 e. The van der Waals surface area contributed by atoms with E-state index >= 15 is 0 Å². The maximum absolute atomic E-state index is 12.2. The topological polar surface area (TPSA) is 120 Å². The number of aliphatic hydroxyl groups is 1. The Kier molecular flexibility index (Phi) is 5.10. The van der Waals surface area contributed by atoms with Gasteiger partial charge >= 0.3 is 11.7 Å². The van der Waals surface area contributed by atoms with Gasteiger partial charge in [-0.1, -0.05) is 18.2 Å². The monoisotopic (exact) mass is 359 g/mol. The molecule has 9 heteroatoms. The van der Waals surface area contributed by atoms with Crippen molar-refractivity contribution in [1.82, 2.24) is 9.55 Å². The molecule has 2 aromatic rings. The Labute approximate surface area is 148 Å². The molecule has 2 heterocycles. The first-order valence-electron chi connectivity index (χ1n) is 7.88. The van der Waals surface area contributed by atoms with E-state index in [0.717, 1.165) is 4.57 Å². The molecule has 3 atom stereocenters. The normalized spacial score (nSPS) is 22.0. The van der Waals surface area contributed by atoms with Gasteiger partial charge in [0.1, 0.15) is 11.9 Å². The van der Waals surface area contributed by atoms with Gasteiger partial charge in [0.05, 0.1) is 12.2 Å². The molecule has 26 heavy (non-hydrogen) atoms.